The van der Waals surface area contributed by atoms with Crippen LogP contribution in [0.25, 0.3) is 0 Å². The van der Waals surface area contributed by atoms with Crippen LogP contribution in [0.1, 0.15) is 49.9 Å². The van der Waals surface area contributed by atoms with Crippen molar-refractivity contribution in [3.63, 3.8) is 0 Å². The molecule has 0 saturated carbocycles. The fourth-order valence-corrected chi connectivity index (χ4v) is 3.72. The van der Waals surface area contributed by atoms with E-state index < -0.39 is 11.7 Å². The van der Waals surface area contributed by atoms with Gasteiger partial charge in [0.15, 0.2) is 6.10 Å². The first-order valence-corrected chi connectivity index (χ1v) is 10.1. The fourth-order valence-electron chi connectivity index (χ4n) is 3.61. The van der Waals surface area contributed by atoms with Crippen LogP contribution in [0.2, 0.25) is 5.02 Å². The van der Waals surface area contributed by atoms with Crippen molar-refractivity contribution in [3.05, 3.63) is 52.0 Å². The molecule has 1 amide bonds. The molecule has 0 saturated heterocycles. The summed E-state index contributed by atoms with van der Waals surface area (Å²) in [6.07, 6.45) is 0.00635. The van der Waals surface area contributed by atoms with Gasteiger partial charge in [0.2, 0.25) is 0 Å². The highest BCUT2D eigenvalue weighted by molar-refractivity contribution is 6.32. The lowest BCUT2D eigenvalue weighted by Crippen LogP contribution is -2.44. The number of carbonyl (C=O) groups is 1. The van der Waals surface area contributed by atoms with Crippen molar-refractivity contribution in [3.8, 4) is 17.2 Å². The molecule has 2 aromatic rings. The van der Waals surface area contributed by atoms with E-state index in [0.29, 0.717) is 17.2 Å². The van der Waals surface area contributed by atoms with Gasteiger partial charge in [0, 0.05) is 23.1 Å². The molecule has 1 heterocycles. The van der Waals surface area contributed by atoms with Gasteiger partial charge in [-0.15, -0.1) is 0 Å². The van der Waals surface area contributed by atoms with Gasteiger partial charge in [-0.3, -0.25) is 4.79 Å². The smallest absolute Gasteiger partial charge is 0.261 e. The molecule has 0 spiro atoms. The molecule has 0 unspecified atom stereocenters. The zero-order valence-electron chi connectivity index (χ0n) is 17.8. The Morgan fingerprint density at radius 2 is 1.86 bits per heavy atom. The van der Waals surface area contributed by atoms with E-state index in [0.717, 1.165) is 28.2 Å². The lowest BCUT2D eigenvalue weighted by molar-refractivity contribution is -0.128. The third kappa shape index (κ3) is 4.78. The number of aryl methyl sites for hydroxylation is 2. The number of ether oxygens (including phenoxy) is 3. The summed E-state index contributed by atoms with van der Waals surface area (Å²) in [5.74, 6) is 1.89. The van der Waals surface area contributed by atoms with Gasteiger partial charge >= 0.3 is 0 Å². The molecule has 2 atom stereocenters. The first kappa shape index (κ1) is 21.3. The van der Waals surface area contributed by atoms with Crippen LogP contribution in [0.3, 0.4) is 0 Å². The van der Waals surface area contributed by atoms with Crippen molar-refractivity contribution in [2.24, 2.45) is 0 Å². The van der Waals surface area contributed by atoms with Crippen molar-refractivity contribution < 1.29 is 19.0 Å². The van der Waals surface area contributed by atoms with E-state index in [2.05, 4.69) is 5.32 Å². The summed E-state index contributed by atoms with van der Waals surface area (Å²) in [6, 6.07) is 9.18. The number of benzene rings is 2. The minimum Gasteiger partial charge on any atom is -0.497 e. The molecular formula is C23H28ClNO4. The fraction of sp³-hybridized carbons (Fsp3) is 0.435. The monoisotopic (exact) mass is 417 g/mol. The zero-order valence-corrected chi connectivity index (χ0v) is 18.5. The number of methoxy groups -OCH3 is 1. The summed E-state index contributed by atoms with van der Waals surface area (Å²) in [5.41, 5.74) is 2.36. The molecule has 0 bridgehead atoms. The summed E-state index contributed by atoms with van der Waals surface area (Å²) in [5, 5.41) is 3.83. The largest absolute Gasteiger partial charge is 0.497 e. The Kier molecular flexibility index (Phi) is 5.99. The predicted molar refractivity (Wildman–Crippen MR) is 114 cm³/mol. The van der Waals surface area contributed by atoms with E-state index >= 15 is 0 Å². The van der Waals surface area contributed by atoms with Gasteiger partial charge in [-0.25, -0.2) is 0 Å². The SMILES string of the molecule is COc1ccc2c(c1)OC(C)(C)C[C@@H]2NC(=O)[C@@H](C)Oc1cc(C)c(Cl)c(C)c1. The predicted octanol–water partition coefficient (Wildman–Crippen LogP) is 5.15. The summed E-state index contributed by atoms with van der Waals surface area (Å²) in [4.78, 5) is 12.9. The minimum atomic E-state index is -0.650. The number of hydrogen-bond donors (Lipinski definition) is 1. The van der Waals surface area contributed by atoms with Crippen LogP contribution in [0.4, 0.5) is 0 Å². The van der Waals surface area contributed by atoms with Crippen molar-refractivity contribution in [2.45, 2.75) is 58.8 Å². The van der Waals surface area contributed by atoms with Crippen LogP contribution in [-0.2, 0) is 4.79 Å². The second-order valence-corrected chi connectivity index (χ2v) is 8.54. The highest BCUT2D eigenvalue weighted by Crippen LogP contribution is 2.41. The standard InChI is InChI=1S/C23H28ClNO4/c1-13-9-17(10-14(2)21(13)24)28-15(3)22(26)25-19-12-23(4,5)29-20-11-16(27-6)7-8-18(19)20/h7-11,15,19H,12H2,1-6H3,(H,25,26)/t15-,19+/m1/s1. The van der Waals surface area contributed by atoms with E-state index in [1.807, 2.05) is 58.0 Å². The number of carbonyl (C=O) groups excluding carboxylic acids is 1. The van der Waals surface area contributed by atoms with E-state index in [1.54, 1.807) is 14.0 Å². The summed E-state index contributed by atoms with van der Waals surface area (Å²) in [6.45, 7) is 9.60. The maximum absolute atomic E-state index is 12.9. The summed E-state index contributed by atoms with van der Waals surface area (Å²) < 4.78 is 17.3. The molecule has 3 rings (SSSR count). The molecule has 0 radical (unpaired) electrons. The summed E-state index contributed by atoms with van der Waals surface area (Å²) >= 11 is 6.22. The molecule has 156 valence electrons. The van der Waals surface area contributed by atoms with Gasteiger partial charge in [-0.05, 0) is 70.0 Å². The Labute approximate surface area is 177 Å². The second-order valence-electron chi connectivity index (χ2n) is 8.16. The normalized spacial score (nSPS) is 18.2. The molecular weight excluding hydrogens is 390 g/mol. The molecule has 2 aromatic carbocycles. The van der Waals surface area contributed by atoms with Gasteiger partial charge in [-0.2, -0.15) is 0 Å². The van der Waals surface area contributed by atoms with E-state index in [4.69, 9.17) is 25.8 Å². The van der Waals surface area contributed by atoms with Crippen molar-refractivity contribution in [1.29, 1.82) is 0 Å². The zero-order chi connectivity index (χ0) is 21.3. The third-order valence-corrected chi connectivity index (χ3v) is 5.68. The van der Waals surface area contributed by atoms with E-state index in [9.17, 15) is 4.79 Å². The average molecular weight is 418 g/mol. The Hall–Kier alpha value is -2.40. The maximum atomic E-state index is 12.9. The summed E-state index contributed by atoms with van der Waals surface area (Å²) in [7, 11) is 1.62. The molecule has 0 aliphatic carbocycles. The lowest BCUT2D eigenvalue weighted by Gasteiger charge is -2.38. The van der Waals surface area contributed by atoms with Crippen LogP contribution in [0, 0.1) is 13.8 Å². The Balaban J connectivity index is 1.76. The number of amides is 1. The molecule has 6 heteroatoms. The molecule has 0 fully saturated rings. The highest BCUT2D eigenvalue weighted by Gasteiger charge is 2.35. The number of rotatable bonds is 5. The molecule has 1 aliphatic rings. The van der Waals surface area contributed by atoms with Gasteiger partial charge in [0.05, 0.1) is 13.2 Å². The van der Waals surface area contributed by atoms with E-state index in [1.165, 1.54) is 0 Å². The Morgan fingerprint density at radius 1 is 1.21 bits per heavy atom. The average Bonchev–Trinajstić information content (AvgIpc) is 2.64. The molecule has 5 nitrogen and oxygen atoms in total. The van der Waals surface area contributed by atoms with Crippen molar-refractivity contribution in [1.82, 2.24) is 5.32 Å². The van der Waals surface area contributed by atoms with Crippen LogP contribution < -0.4 is 19.5 Å². The number of halogens is 1. The van der Waals surface area contributed by atoms with Gasteiger partial charge < -0.3 is 19.5 Å². The lowest BCUT2D eigenvalue weighted by atomic mass is 9.89. The first-order valence-electron chi connectivity index (χ1n) is 9.70. The maximum Gasteiger partial charge on any atom is 0.261 e. The number of hydrogen-bond acceptors (Lipinski definition) is 4. The third-order valence-electron chi connectivity index (χ3n) is 5.09. The number of fused-ring (bicyclic) bond motifs is 1. The van der Waals surface area contributed by atoms with Crippen LogP contribution in [-0.4, -0.2) is 24.7 Å². The van der Waals surface area contributed by atoms with Gasteiger partial charge in [-0.1, -0.05) is 11.6 Å². The minimum absolute atomic E-state index is 0.174. The quantitative estimate of drug-likeness (QED) is 0.730. The van der Waals surface area contributed by atoms with Crippen molar-refractivity contribution in [2.75, 3.05) is 7.11 Å². The van der Waals surface area contributed by atoms with Crippen LogP contribution >= 0.6 is 11.6 Å². The van der Waals surface area contributed by atoms with Crippen LogP contribution in [0.15, 0.2) is 30.3 Å². The van der Waals surface area contributed by atoms with Crippen molar-refractivity contribution >= 4 is 17.5 Å². The van der Waals surface area contributed by atoms with Crippen LogP contribution in [0.5, 0.6) is 17.2 Å². The molecule has 1 aliphatic heterocycles. The van der Waals surface area contributed by atoms with E-state index in [-0.39, 0.29) is 11.9 Å². The van der Waals surface area contributed by atoms with Gasteiger partial charge in [0.1, 0.15) is 22.8 Å². The highest BCUT2D eigenvalue weighted by atomic mass is 35.5. The molecule has 0 aromatic heterocycles. The molecule has 29 heavy (non-hydrogen) atoms. The molecule has 1 N–H and O–H groups in total. The number of nitrogens with one attached hydrogen (secondary N) is 1. The topological polar surface area (TPSA) is 56.8 Å². The first-order chi connectivity index (χ1) is 13.6. The Bertz CT molecular complexity index is 902. The van der Waals surface area contributed by atoms with Gasteiger partial charge in [0.25, 0.3) is 5.91 Å². The Morgan fingerprint density at radius 3 is 2.48 bits per heavy atom. The second kappa shape index (κ2) is 8.15.